The fourth-order valence-corrected chi connectivity index (χ4v) is 1.76. The summed E-state index contributed by atoms with van der Waals surface area (Å²) in [7, 11) is 0. The van der Waals surface area contributed by atoms with E-state index in [4.69, 9.17) is 11.6 Å². The van der Waals surface area contributed by atoms with Crippen molar-refractivity contribution >= 4 is 29.0 Å². The van der Waals surface area contributed by atoms with Gasteiger partial charge in [0.15, 0.2) is 0 Å². The summed E-state index contributed by atoms with van der Waals surface area (Å²) in [4.78, 5) is 26.2. The van der Waals surface area contributed by atoms with E-state index in [1.807, 2.05) is 0 Å². The number of hydrogen-bond donors (Lipinski definition) is 2. The molecule has 1 heterocycles. The lowest BCUT2D eigenvalue weighted by Gasteiger charge is -2.07. The zero-order valence-electron chi connectivity index (χ0n) is 10.8. The van der Waals surface area contributed by atoms with Gasteiger partial charge in [-0.05, 0) is 30.7 Å². The molecule has 2 N–H and O–H groups in total. The number of aryl methyl sites for hydroxylation is 1. The number of nitro benzene ring substituents is 1. The molecule has 0 fully saturated rings. The number of hydrogen-bond acceptors (Lipinski definition) is 5. The quantitative estimate of drug-likeness (QED) is 0.670. The van der Waals surface area contributed by atoms with E-state index < -0.39 is 16.5 Å². The van der Waals surface area contributed by atoms with Crippen LogP contribution >= 0.6 is 11.6 Å². The molecule has 0 unspecified atom stereocenters. The highest BCUT2D eigenvalue weighted by molar-refractivity contribution is 6.30. The minimum atomic E-state index is -0.733. The molecule has 0 atom stereocenters. The fourth-order valence-electron chi connectivity index (χ4n) is 1.65. The molecular formula is C13H10ClN3O4. The molecule has 2 rings (SSSR count). The van der Waals surface area contributed by atoms with Gasteiger partial charge in [0.25, 0.3) is 11.6 Å². The lowest BCUT2D eigenvalue weighted by molar-refractivity contribution is -0.385. The first-order chi connectivity index (χ1) is 9.88. The Hall–Kier alpha value is -2.67. The molecule has 2 aromatic rings. The minimum absolute atomic E-state index is 0.160. The number of carbonyl (C=O) groups excluding carboxylic acids is 1. The number of aromatic nitrogens is 1. The van der Waals surface area contributed by atoms with Crippen LogP contribution < -0.4 is 5.32 Å². The highest BCUT2D eigenvalue weighted by atomic mass is 35.5. The summed E-state index contributed by atoms with van der Waals surface area (Å²) in [6.45, 7) is 1.54. The predicted octanol–water partition coefficient (Wildman–Crippen LogP) is 2.91. The number of carbonyl (C=O) groups is 1. The number of nitro groups is 1. The number of phenolic OH excluding ortho intramolecular Hbond substituents is 1. The van der Waals surface area contributed by atoms with Crippen LogP contribution in [0.2, 0.25) is 5.02 Å². The van der Waals surface area contributed by atoms with Crippen LogP contribution in [0.25, 0.3) is 0 Å². The molecule has 0 bridgehead atoms. The molecule has 0 aliphatic rings. The maximum atomic E-state index is 12.1. The van der Waals surface area contributed by atoms with Crippen LogP contribution in [0.1, 0.15) is 15.9 Å². The first kappa shape index (κ1) is 14.7. The van der Waals surface area contributed by atoms with Gasteiger partial charge in [0, 0.05) is 6.20 Å². The topological polar surface area (TPSA) is 105 Å². The van der Waals surface area contributed by atoms with Crippen molar-refractivity contribution in [2.45, 2.75) is 6.92 Å². The summed E-state index contributed by atoms with van der Waals surface area (Å²) in [6.07, 6.45) is 1.34. The first-order valence-electron chi connectivity index (χ1n) is 5.79. The zero-order chi connectivity index (χ0) is 15.6. The van der Waals surface area contributed by atoms with E-state index in [-0.39, 0.29) is 17.1 Å². The van der Waals surface area contributed by atoms with Gasteiger partial charge in [-0.15, -0.1) is 0 Å². The molecule has 1 aromatic carbocycles. The number of nitrogens with one attached hydrogen (secondary N) is 1. The number of amides is 1. The monoisotopic (exact) mass is 307 g/mol. The summed E-state index contributed by atoms with van der Waals surface area (Å²) >= 11 is 5.68. The van der Waals surface area contributed by atoms with E-state index in [0.717, 1.165) is 6.07 Å². The van der Waals surface area contributed by atoms with Crippen molar-refractivity contribution in [1.82, 2.24) is 4.98 Å². The van der Waals surface area contributed by atoms with Crippen molar-refractivity contribution in [3.05, 3.63) is 56.7 Å². The van der Waals surface area contributed by atoms with Crippen LogP contribution in [0.15, 0.2) is 30.5 Å². The predicted molar refractivity (Wildman–Crippen MR) is 76.7 cm³/mol. The molecule has 8 heteroatoms. The summed E-state index contributed by atoms with van der Waals surface area (Å²) in [6, 6.07) is 5.19. The molecule has 0 saturated carbocycles. The van der Waals surface area contributed by atoms with Crippen molar-refractivity contribution in [2.75, 3.05) is 5.32 Å². The van der Waals surface area contributed by atoms with Gasteiger partial charge in [-0.1, -0.05) is 11.6 Å². The molecule has 21 heavy (non-hydrogen) atoms. The minimum Gasteiger partial charge on any atom is -0.507 e. The van der Waals surface area contributed by atoms with Crippen LogP contribution in [0.5, 0.6) is 5.75 Å². The molecule has 0 saturated heterocycles. The third kappa shape index (κ3) is 3.26. The summed E-state index contributed by atoms with van der Waals surface area (Å²) in [5, 5.41) is 23.3. The average molecular weight is 308 g/mol. The fraction of sp³-hybridized carbons (Fsp3) is 0.0769. The van der Waals surface area contributed by atoms with Crippen LogP contribution in [0, 0.1) is 17.0 Å². The Morgan fingerprint density at radius 3 is 2.71 bits per heavy atom. The molecule has 108 valence electrons. The molecule has 0 aliphatic carbocycles. The number of nitrogens with zero attached hydrogens (tertiary/aromatic N) is 2. The number of aromatic hydroxyl groups is 1. The average Bonchev–Trinajstić information content (AvgIpc) is 2.43. The van der Waals surface area contributed by atoms with Gasteiger partial charge >= 0.3 is 0 Å². The van der Waals surface area contributed by atoms with Crippen molar-refractivity contribution in [3.8, 4) is 5.75 Å². The van der Waals surface area contributed by atoms with Gasteiger partial charge in [0.2, 0.25) is 0 Å². The SMILES string of the molecule is Cc1cc(C(=O)Nc2ccc(Cl)cn2)c([N+](=O)[O-])cc1O. The van der Waals surface area contributed by atoms with E-state index in [1.165, 1.54) is 31.3 Å². The molecule has 0 aliphatic heterocycles. The van der Waals surface area contributed by atoms with Crippen molar-refractivity contribution in [2.24, 2.45) is 0 Å². The molecule has 0 radical (unpaired) electrons. The second kappa shape index (κ2) is 5.76. The molecular weight excluding hydrogens is 298 g/mol. The van der Waals surface area contributed by atoms with E-state index >= 15 is 0 Å². The van der Waals surface area contributed by atoms with E-state index in [0.29, 0.717) is 10.6 Å². The lowest BCUT2D eigenvalue weighted by Crippen LogP contribution is -2.15. The van der Waals surface area contributed by atoms with Gasteiger partial charge < -0.3 is 10.4 Å². The maximum Gasteiger partial charge on any atom is 0.285 e. The molecule has 1 aromatic heterocycles. The van der Waals surface area contributed by atoms with E-state index in [1.54, 1.807) is 0 Å². The number of benzene rings is 1. The number of halogens is 1. The van der Waals surface area contributed by atoms with Crippen molar-refractivity contribution < 1.29 is 14.8 Å². The van der Waals surface area contributed by atoms with Crippen molar-refractivity contribution in [1.29, 1.82) is 0 Å². The van der Waals surface area contributed by atoms with E-state index in [2.05, 4.69) is 10.3 Å². The summed E-state index contributed by atoms with van der Waals surface area (Å²) < 4.78 is 0. The van der Waals surface area contributed by atoms with Gasteiger partial charge in [-0.2, -0.15) is 0 Å². The van der Waals surface area contributed by atoms with Gasteiger partial charge in [-0.25, -0.2) is 4.98 Å². The molecule has 7 nitrogen and oxygen atoms in total. The van der Waals surface area contributed by atoms with Gasteiger partial charge in [-0.3, -0.25) is 14.9 Å². The van der Waals surface area contributed by atoms with Crippen LogP contribution in [-0.2, 0) is 0 Å². The third-order valence-corrected chi connectivity index (χ3v) is 2.95. The third-order valence-electron chi connectivity index (χ3n) is 2.72. The second-order valence-electron chi connectivity index (χ2n) is 4.23. The molecule has 0 spiro atoms. The normalized spacial score (nSPS) is 10.2. The second-order valence-corrected chi connectivity index (χ2v) is 4.67. The smallest absolute Gasteiger partial charge is 0.285 e. The number of pyridine rings is 1. The largest absolute Gasteiger partial charge is 0.507 e. The maximum absolute atomic E-state index is 12.1. The Morgan fingerprint density at radius 1 is 1.43 bits per heavy atom. The number of phenols is 1. The highest BCUT2D eigenvalue weighted by Crippen LogP contribution is 2.28. The standard InChI is InChI=1S/C13H10ClN3O4/c1-7-4-9(10(17(20)21)5-11(7)18)13(19)16-12-3-2-8(14)6-15-12/h2-6,18H,1H3,(H,15,16,19). The van der Waals surface area contributed by atoms with Crippen LogP contribution in [-0.4, -0.2) is 20.9 Å². The Balaban J connectivity index is 2.36. The Kier molecular flexibility index (Phi) is 4.04. The van der Waals surface area contributed by atoms with E-state index in [9.17, 15) is 20.0 Å². The van der Waals surface area contributed by atoms with Gasteiger partial charge in [0.1, 0.15) is 17.1 Å². The number of anilines is 1. The lowest BCUT2D eigenvalue weighted by atomic mass is 10.1. The Bertz CT molecular complexity index is 716. The van der Waals surface area contributed by atoms with Crippen molar-refractivity contribution in [3.63, 3.8) is 0 Å². The number of rotatable bonds is 3. The van der Waals surface area contributed by atoms with Gasteiger partial charge in [0.05, 0.1) is 16.0 Å². The molecule has 1 amide bonds. The zero-order valence-corrected chi connectivity index (χ0v) is 11.6. The highest BCUT2D eigenvalue weighted by Gasteiger charge is 2.22. The van der Waals surface area contributed by atoms with Crippen LogP contribution in [0.3, 0.4) is 0 Å². The Labute approximate surface area is 124 Å². The summed E-state index contributed by atoms with van der Waals surface area (Å²) in [5.41, 5.74) is -0.286. The van der Waals surface area contributed by atoms with Crippen LogP contribution in [0.4, 0.5) is 11.5 Å². The summed E-state index contributed by atoms with van der Waals surface area (Å²) in [5.74, 6) is -0.730. The Morgan fingerprint density at radius 2 is 2.14 bits per heavy atom. The first-order valence-corrected chi connectivity index (χ1v) is 6.17.